The van der Waals surface area contributed by atoms with Crippen molar-refractivity contribution in [3.8, 4) is 0 Å². The van der Waals surface area contributed by atoms with Gasteiger partial charge in [0, 0.05) is 26.4 Å². The summed E-state index contributed by atoms with van der Waals surface area (Å²) in [6.07, 6.45) is 0.00614. The molecule has 1 aromatic rings. The van der Waals surface area contributed by atoms with E-state index in [4.69, 9.17) is 30.3 Å². The number of carbonyl (C=O) groups is 11. The van der Waals surface area contributed by atoms with E-state index in [1.807, 2.05) is 10.6 Å². The highest BCUT2D eigenvalue weighted by Gasteiger charge is 2.24. The molecule has 1 aromatic carbocycles. The summed E-state index contributed by atoms with van der Waals surface area (Å²) in [5.74, 6) is -9.30. The first-order valence-electron chi connectivity index (χ1n) is 16.4. The van der Waals surface area contributed by atoms with E-state index >= 15 is 0 Å². The molecule has 0 saturated carbocycles. The molecule has 13 N–H and O–H groups in total. The Bertz CT molecular complexity index is 1520. The van der Waals surface area contributed by atoms with E-state index in [1.165, 1.54) is 0 Å². The van der Waals surface area contributed by atoms with Crippen molar-refractivity contribution in [2.75, 3.05) is 26.2 Å². The van der Waals surface area contributed by atoms with Gasteiger partial charge in [0.2, 0.25) is 17.7 Å². The van der Waals surface area contributed by atoms with Crippen LogP contribution in [0.25, 0.3) is 0 Å². The molecule has 0 aliphatic rings. The van der Waals surface area contributed by atoms with Crippen LogP contribution in [0.2, 0.25) is 0 Å². The number of carboxylic acid groups (broad SMARTS) is 6. The van der Waals surface area contributed by atoms with E-state index in [0.29, 0.717) is 24.0 Å². The SMILES string of the molecule is CC(=O)O.CCC(=O)O.O=C(O)CNC(=O)CNC(=O)[C@H](CC(=O)O)NC(=O)Cc1ccc(CNC(=O)NCCCCC(NC(=O)NCC(=O)O)C(=O)O)cc1. The lowest BCUT2D eigenvalue weighted by atomic mass is 10.1. The average Bonchev–Trinajstić information content (AvgIpc) is 3.10. The number of carboxylic acids is 6. The number of amides is 7. The molecule has 2 atom stereocenters. The summed E-state index contributed by atoms with van der Waals surface area (Å²) >= 11 is 0. The van der Waals surface area contributed by atoms with Crippen molar-refractivity contribution in [1.82, 2.24) is 37.2 Å². The summed E-state index contributed by atoms with van der Waals surface area (Å²) in [6, 6.07) is 2.26. The maximum atomic E-state index is 12.5. The van der Waals surface area contributed by atoms with E-state index < -0.39 is 104 Å². The zero-order valence-corrected chi connectivity index (χ0v) is 30.4. The van der Waals surface area contributed by atoms with Gasteiger partial charge in [-0.2, -0.15) is 0 Å². The molecule has 24 nitrogen and oxygen atoms in total. The maximum absolute atomic E-state index is 12.5. The molecule has 0 aliphatic carbocycles. The van der Waals surface area contributed by atoms with Gasteiger partial charge in [0.05, 0.1) is 19.4 Å². The van der Waals surface area contributed by atoms with Gasteiger partial charge in [0.1, 0.15) is 25.2 Å². The zero-order valence-electron chi connectivity index (χ0n) is 30.4. The van der Waals surface area contributed by atoms with Crippen LogP contribution in [0.4, 0.5) is 9.59 Å². The lowest BCUT2D eigenvalue weighted by molar-refractivity contribution is -0.141. The number of carbonyl (C=O) groups excluding carboxylic acids is 5. The van der Waals surface area contributed by atoms with Crippen LogP contribution in [0.1, 0.15) is 57.1 Å². The van der Waals surface area contributed by atoms with Gasteiger partial charge in [-0.25, -0.2) is 14.4 Å². The topological polar surface area (TPSA) is 393 Å². The molecule has 312 valence electrons. The molecule has 0 bridgehead atoms. The molecule has 0 aromatic heterocycles. The second-order valence-electron chi connectivity index (χ2n) is 11.1. The number of urea groups is 2. The Morgan fingerprint density at radius 2 is 1.11 bits per heavy atom. The predicted octanol–water partition coefficient (Wildman–Crippen LogP) is -2.12. The number of unbranched alkanes of at least 4 members (excludes halogenated alkanes) is 1. The van der Waals surface area contributed by atoms with Crippen LogP contribution in [-0.2, 0) is 56.1 Å². The maximum Gasteiger partial charge on any atom is 0.326 e. The lowest BCUT2D eigenvalue weighted by Crippen LogP contribution is -2.50. The lowest BCUT2D eigenvalue weighted by Gasteiger charge is -2.17. The largest absolute Gasteiger partial charge is 0.481 e. The fourth-order valence-corrected chi connectivity index (χ4v) is 3.66. The van der Waals surface area contributed by atoms with E-state index in [0.717, 1.165) is 6.92 Å². The van der Waals surface area contributed by atoms with Crippen LogP contribution in [-0.4, -0.2) is 135 Å². The van der Waals surface area contributed by atoms with Gasteiger partial charge in [0.25, 0.3) is 5.97 Å². The number of aliphatic carboxylic acids is 6. The molecule has 0 aliphatic heterocycles. The molecule has 0 saturated heterocycles. The molecule has 1 unspecified atom stereocenters. The molecular weight excluding hydrogens is 754 g/mol. The standard InChI is InChI=1S/C27H37N7O13.C3H6O2.C2H4O2/c35-19(33-18(10-21(37)38)24(43)30-12-20(36)29-13-22(39)40)9-15-4-6-16(7-5-15)11-31-26(46)28-8-2-1-3-17(25(44)45)34-27(47)32-14-23(41)42;1-2-3(4)5;1-2(3)4/h4-7,17-18H,1-3,8-14H2,(H,29,36)(H,30,43)(H,33,35)(H,37,38)(H,39,40)(H,41,42)(H,44,45)(H2,28,31,46)(H2,32,34,47);2H2,1H3,(H,4,5);1H3,(H,3,4)/t17?,18-;;/m0../s1. The Labute approximate surface area is 318 Å². The van der Waals surface area contributed by atoms with Crippen molar-refractivity contribution in [1.29, 1.82) is 0 Å². The minimum Gasteiger partial charge on any atom is -0.481 e. The van der Waals surface area contributed by atoms with Crippen LogP contribution in [0.3, 0.4) is 0 Å². The summed E-state index contributed by atoms with van der Waals surface area (Å²) in [5.41, 5.74) is 1.18. The Morgan fingerprint density at radius 3 is 1.61 bits per heavy atom. The second-order valence-corrected chi connectivity index (χ2v) is 11.1. The third-order valence-corrected chi connectivity index (χ3v) is 6.24. The summed E-state index contributed by atoms with van der Waals surface area (Å²) in [6.45, 7) is 1.04. The summed E-state index contributed by atoms with van der Waals surface area (Å²) in [7, 11) is 0. The molecule has 0 heterocycles. The van der Waals surface area contributed by atoms with Crippen LogP contribution in [0.15, 0.2) is 24.3 Å². The van der Waals surface area contributed by atoms with Crippen LogP contribution < -0.4 is 37.2 Å². The fraction of sp³-hybridized carbons (Fsp3) is 0.469. The van der Waals surface area contributed by atoms with E-state index in [2.05, 4.69) is 26.6 Å². The minimum absolute atomic E-state index is 0.0474. The first kappa shape index (κ1) is 51.1. The molecule has 0 fully saturated rings. The number of hydrogen-bond acceptors (Lipinski definition) is 11. The third-order valence-electron chi connectivity index (χ3n) is 6.24. The molecule has 0 spiro atoms. The number of nitrogens with one attached hydrogen (secondary N) is 7. The Morgan fingerprint density at radius 1 is 0.571 bits per heavy atom. The highest BCUT2D eigenvalue weighted by molar-refractivity contribution is 5.93. The third kappa shape index (κ3) is 30.6. The summed E-state index contributed by atoms with van der Waals surface area (Å²) in [5, 5.41) is 66.3. The quantitative estimate of drug-likeness (QED) is 0.0558. The van der Waals surface area contributed by atoms with Gasteiger partial charge in [-0.15, -0.1) is 0 Å². The zero-order chi connectivity index (χ0) is 43.2. The molecule has 0 radical (unpaired) electrons. The van der Waals surface area contributed by atoms with Crippen molar-refractivity contribution in [3.05, 3.63) is 35.4 Å². The summed E-state index contributed by atoms with van der Waals surface area (Å²) in [4.78, 5) is 122. The van der Waals surface area contributed by atoms with Gasteiger partial charge in [-0.05, 0) is 30.4 Å². The average molecular weight is 802 g/mol. The van der Waals surface area contributed by atoms with Gasteiger partial charge in [-0.3, -0.25) is 38.4 Å². The Hall–Kier alpha value is -7.01. The number of benzene rings is 1. The second kappa shape index (κ2) is 29.4. The molecule has 56 heavy (non-hydrogen) atoms. The normalized spacial score (nSPS) is 10.8. The van der Waals surface area contributed by atoms with E-state index in [-0.39, 0.29) is 32.4 Å². The molecule has 24 heteroatoms. The first-order valence-corrected chi connectivity index (χ1v) is 16.4. The fourth-order valence-electron chi connectivity index (χ4n) is 3.66. The summed E-state index contributed by atoms with van der Waals surface area (Å²) < 4.78 is 0. The number of rotatable bonds is 22. The smallest absolute Gasteiger partial charge is 0.326 e. The minimum atomic E-state index is -1.50. The first-order chi connectivity index (χ1) is 26.2. The van der Waals surface area contributed by atoms with Crippen molar-refractivity contribution in [3.63, 3.8) is 0 Å². The van der Waals surface area contributed by atoms with Crippen LogP contribution in [0, 0.1) is 0 Å². The van der Waals surface area contributed by atoms with Gasteiger partial charge in [0.15, 0.2) is 0 Å². The highest BCUT2D eigenvalue weighted by atomic mass is 16.4. The van der Waals surface area contributed by atoms with Crippen molar-refractivity contribution < 1.29 is 83.4 Å². The van der Waals surface area contributed by atoms with Crippen molar-refractivity contribution in [2.24, 2.45) is 0 Å². The molecule has 1 rings (SSSR count). The van der Waals surface area contributed by atoms with Gasteiger partial charge in [-0.1, -0.05) is 31.2 Å². The molecular formula is C32H47N7O17. The van der Waals surface area contributed by atoms with Gasteiger partial charge >= 0.3 is 41.9 Å². The van der Waals surface area contributed by atoms with E-state index in [9.17, 15) is 53.1 Å². The van der Waals surface area contributed by atoms with Gasteiger partial charge < -0.3 is 67.9 Å². The Kier molecular flexibility index (Phi) is 26.9. The predicted molar refractivity (Wildman–Crippen MR) is 189 cm³/mol. The van der Waals surface area contributed by atoms with Crippen LogP contribution in [0.5, 0.6) is 0 Å². The highest BCUT2D eigenvalue weighted by Crippen LogP contribution is 2.06. The Balaban J connectivity index is 0. The number of hydrogen-bond donors (Lipinski definition) is 13. The van der Waals surface area contributed by atoms with Crippen molar-refractivity contribution in [2.45, 2.75) is 71.0 Å². The molecule has 7 amide bonds. The van der Waals surface area contributed by atoms with Crippen molar-refractivity contribution >= 4 is 65.6 Å². The van der Waals surface area contributed by atoms with Crippen LogP contribution >= 0.6 is 0 Å². The van der Waals surface area contributed by atoms with E-state index in [1.54, 1.807) is 31.2 Å². The monoisotopic (exact) mass is 801 g/mol.